The lowest BCUT2D eigenvalue weighted by Crippen LogP contribution is -2.43. The first-order chi connectivity index (χ1) is 16.0. The Morgan fingerprint density at radius 3 is 2.12 bits per heavy atom. The van der Waals surface area contributed by atoms with E-state index in [-0.39, 0.29) is 25.4 Å². The van der Waals surface area contributed by atoms with Crippen molar-refractivity contribution in [1.82, 2.24) is 4.90 Å². The van der Waals surface area contributed by atoms with E-state index in [0.29, 0.717) is 42.0 Å². The minimum Gasteiger partial charge on any atom is -0.454 e. The normalized spacial score (nSPS) is 16.4. The molecule has 0 radical (unpaired) electrons. The summed E-state index contributed by atoms with van der Waals surface area (Å²) in [4.78, 5) is 14.6. The van der Waals surface area contributed by atoms with E-state index in [2.05, 4.69) is 5.32 Å². The van der Waals surface area contributed by atoms with Crippen LogP contribution in [0.2, 0.25) is 0 Å². The fourth-order valence-corrected chi connectivity index (χ4v) is 4.22. The van der Waals surface area contributed by atoms with E-state index >= 15 is 0 Å². The number of fused-ring (bicyclic) bond motifs is 1. The molecule has 0 spiro atoms. The number of halogens is 6. The fourth-order valence-electron chi connectivity index (χ4n) is 4.22. The van der Waals surface area contributed by atoms with Crippen LogP contribution in [0.1, 0.15) is 48.8 Å². The average Bonchev–Trinajstić information content (AvgIpc) is 3.24. The summed E-state index contributed by atoms with van der Waals surface area (Å²) < 4.78 is 89.9. The first-order valence-corrected chi connectivity index (χ1v) is 10.8. The zero-order valence-corrected chi connectivity index (χ0v) is 17.9. The van der Waals surface area contributed by atoms with Gasteiger partial charge in [0.2, 0.25) is 6.79 Å². The van der Waals surface area contributed by atoms with E-state index in [1.807, 2.05) is 0 Å². The maximum Gasteiger partial charge on any atom is 0.416 e. The Morgan fingerprint density at radius 2 is 1.50 bits per heavy atom. The molecule has 2 aromatic rings. The second-order valence-electron chi connectivity index (χ2n) is 8.33. The lowest BCUT2D eigenvalue weighted by atomic mass is 9.94. The van der Waals surface area contributed by atoms with Crippen molar-refractivity contribution in [3.63, 3.8) is 0 Å². The molecule has 1 N–H and O–H groups in total. The van der Waals surface area contributed by atoms with Crippen LogP contribution in [-0.2, 0) is 18.9 Å². The second-order valence-corrected chi connectivity index (χ2v) is 8.33. The highest BCUT2D eigenvalue weighted by Gasteiger charge is 2.37. The maximum atomic E-state index is 13.2. The number of ether oxygens (including phenoxy) is 2. The van der Waals surface area contributed by atoms with E-state index in [1.54, 1.807) is 18.2 Å². The van der Waals surface area contributed by atoms with Gasteiger partial charge in [-0.25, -0.2) is 4.79 Å². The summed E-state index contributed by atoms with van der Waals surface area (Å²) in [5.74, 6) is 1.07. The van der Waals surface area contributed by atoms with Gasteiger partial charge in [-0.3, -0.25) is 0 Å². The predicted octanol–water partition coefficient (Wildman–Crippen LogP) is 6.82. The van der Waals surface area contributed by atoms with Gasteiger partial charge in [0.15, 0.2) is 11.5 Å². The molecule has 0 bridgehead atoms. The van der Waals surface area contributed by atoms with Gasteiger partial charge in [-0.2, -0.15) is 26.3 Å². The van der Waals surface area contributed by atoms with Gasteiger partial charge in [0.05, 0.1) is 11.1 Å². The van der Waals surface area contributed by atoms with Crippen molar-refractivity contribution in [2.45, 2.75) is 57.0 Å². The number of nitrogens with zero attached hydrogens (tertiary/aromatic N) is 1. The van der Waals surface area contributed by atoms with Crippen molar-refractivity contribution in [3.05, 3.63) is 53.1 Å². The molecule has 0 aromatic heterocycles. The van der Waals surface area contributed by atoms with E-state index in [9.17, 15) is 31.1 Å². The number of urea groups is 1. The minimum absolute atomic E-state index is 0.0289. The van der Waals surface area contributed by atoms with E-state index in [0.717, 1.165) is 19.3 Å². The number of benzene rings is 2. The van der Waals surface area contributed by atoms with Crippen LogP contribution < -0.4 is 14.8 Å². The molecule has 0 unspecified atom stereocenters. The zero-order valence-electron chi connectivity index (χ0n) is 17.9. The zero-order chi connectivity index (χ0) is 24.5. The molecule has 1 saturated carbocycles. The molecule has 5 nitrogen and oxygen atoms in total. The molecular weight excluding hydrogens is 466 g/mol. The highest BCUT2D eigenvalue weighted by atomic mass is 19.4. The molecule has 1 fully saturated rings. The molecule has 2 aliphatic rings. The van der Waals surface area contributed by atoms with Crippen LogP contribution in [0.15, 0.2) is 36.4 Å². The van der Waals surface area contributed by atoms with Crippen LogP contribution in [0.3, 0.4) is 0 Å². The van der Waals surface area contributed by atoms with Crippen molar-refractivity contribution in [2.24, 2.45) is 0 Å². The Morgan fingerprint density at radius 1 is 0.882 bits per heavy atom. The van der Waals surface area contributed by atoms with Gasteiger partial charge in [-0.1, -0.05) is 25.3 Å². The lowest BCUT2D eigenvalue weighted by molar-refractivity contribution is -0.143. The third-order valence-electron chi connectivity index (χ3n) is 5.91. The Kier molecular flexibility index (Phi) is 6.55. The summed E-state index contributed by atoms with van der Waals surface area (Å²) in [6.07, 6.45) is -5.89. The molecule has 2 amide bonds. The topological polar surface area (TPSA) is 50.8 Å². The molecular formula is C23H22F6N2O3. The van der Waals surface area contributed by atoms with Crippen molar-refractivity contribution >= 4 is 11.7 Å². The highest BCUT2D eigenvalue weighted by Crippen LogP contribution is 2.38. The molecule has 184 valence electrons. The second kappa shape index (κ2) is 9.27. The number of alkyl halides is 6. The van der Waals surface area contributed by atoms with Crippen LogP contribution in [-0.4, -0.2) is 23.8 Å². The number of hydrogen-bond donors (Lipinski definition) is 1. The van der Waals surface area contributed by atoms with Gasteiger partial charge >= 0.3 is 18.4 Å². The minimum atomic E-state index is -5.00. The van der Waals surface area contributed by atoms with Gasteiger partial charge in [0, 0.05) is 18.3 Å². The van der Waals surface area contributed by atoms with E-state index in [1.165, 1.54) is 4.90 Å². The average molecular weight is 488 g/mol. The predicted molar refractivity (Wildman–Crippen MR) is 110 cm³/mol. The van der Waals surface area contributed by atoms with Crippen LogP contribution >= 0.6 is 0 Å². The maximum absolute atomic E-state index is 13.2. The first-order valence-electron chi connectivity index (χ1n) is 10.8. The Hall–Kier alpha value is -3.11. The summed E-state index contributed by atoms with van der Waals surface area (Å²) in [5.41, 5.74) is -2.85. The van der Waals surface area contributed by atoms with Crippen LogP contribution in [0, 0.1) is 0 Å². The van der Waals surface area contributed by atoms with Gasteiger partial charge in [-0.05, 0) is 48.7 Å². The van der Waals surface area contributed by atoms with Gasteiger partial charge in [0.25, 0.3) is 0 Å². The monoisotopic (exact) mass is 488 g/mol. The molecule has 34 heavy (non-hydrogen) atoms. The van der Waals surface area contributed by atoms with Crippen molar-refractivity contribution in [2.75, 3.05) is 12.1 Å². The number of hydrogen-bond acceptors (Lipinski definition) is 3. The number of anilines is 1. The third-order valence-corrected chi connectivity index (χ3v) is 5.91. The molecule has 1 aliphatic heterocycles. The molecule has 0 saturated heterocycles. The number of carbonyl (C=O) groups excluding carboxylic acids is 1. The van der Waals surface area contributed by atoms with E-state index < -0.39 is 35.2 Å². The summed E-state index contributed by atoms with van der Waals surface area (Å²) in [5, 5.41) is 2.27. The van der Waals surface area contributed by atoms with Gasteiger partial charge in [-0.15, -0.1) is 0 Å². The smallest absolute Gasteiger partial charge is 0.416 e. The molecule has 2 aromatic carbocycles. The SMILES string of the molecule is O=C(Nc1cc(C(F)(F)F)cc(C(F)(F)F)c1)N(Cc1ccc2c(c1)OCO2)C1CCCCC1. The summed E-state index contributed by atoms with van der Waals surface area (Å²) in [7, 11) is 0. The Bertz CT molecular complexity index is 1020. The molecule has 1 heterocycles. The summed E-state index contributed by atoms with van der Waals surface area (Å²) in [6, 6.07) is 5.21. The standard InChI is InChI=1S/C23H22F6N2O3/c24-22(25,26)15-9-16(23(27,28)29)11-17(10-15)30-21(32)31(18-4-2-1-3-5-18)12-14-6-7-19-20(8-14)34-13-33-19/h6-11,18H,1-5,12-13H2,(H,30,32). The Balaban J connectivity index is 1.61. The van der Waals surface area contributed by atoms with Crippen molar-refractivity contribution in [3.8, 4) is 11.5 Å². The van der Waals surface area contributed by atoms with Crippen LogP contribution in [0.4, 0.5) is 36.8 Å². The molecule has 4 rings (SSSR count). The van der Waals surface area contributed by atoms with Gasteiger partial charge in [0.1, 0.15) is 0 Å². The number of rotatable bonds is 4. The fraction of sp³-hybridized carbons (Fsp3) is 0.435. The number of amides is 2. The van der Waals surface area contributed by atoms with Crippen LogP contribution in [0.25, 0.3) is 0 Å². The molecule has 1 aliphatic carbocycles. The Labute approximate surface area is 191 Å². The number of nitrogens with one attached hydrogen (secondary N) is 1. The van der Waals surface area contributed by atoms with E-state index in [4.69, 9.17) is 9.47 Å². The molecule has 0 atom stereocenters. The number of carbonyl (C=O) groups is 1. The quantitative estimate of drug-likeness (QED) is 0.481. The lowest BCUT2D eigenvalue weighted by Gasteiger charge is -2.34. The van der Waals surface area contributed by atoms with Gasteiger partial charge < -0.3 is 19.7 Å². The van der Waals surface area contributed by atoms with Crippen molar-refractivity contribution in [1.29, 1.82) is 0 Å². The largest absolute Gasteiger partial charge is 0.454 e. The van der Waals surface area contributed by atoms with Crippen LogP contribution in [0.5, 0.6) is 11.5 Å². The third kappa shape index (κ3) is 5.51. The summed E-state index contributed by atoms with van der Waals surface area (Å²) >= 11 is 0. The highest BCUT2D eigenvalue weighted by molar-refractivity contribution is 5.90. The summed E-state index contributed by atoms with van der Waals surface area (Å²) in [6.45, 7) is 0.181. The van der Waals surface area contributed by atoms with Crippen molar-refractivity contribution < 1.29 is 40.6 Å². The molecule has 11 heteroatoms. The first kappa shape index (κ1) is 24.0.